The van der Waals surface area contributed by atoms with Crippen molar-refractivity contribution in [3.8, 4) is 28.8 Å². The summed E-state index contributed by atoms with van der Waals surface area (Å²) in [6, 6.07) is 11.6. The zero-order valence-corrected chi connectivity index (χ0v) is 21.0. The highest BCUT2D eigenvalue weighted by atomic mass is 16.5. The summed E-state index contributed by atoms with van der Waals surface area (Å²) in [6.07, 6.45) is 5.64. The molecular weight excluding hydrogens is 470 g/mol. The summed E-state index contributed by atoms with van der Waals surface area (Å²) in [5.41, 5.74) is 3.46. The van der Waals surface area contributed by atoms with Crippen LogP contribution in [0.15, 0.2) is 42.7 Å². The molecule has 0 amide bonds. The lowest BCUT2D eigenvalue weighted by molar-refractivity contribution is 0.0666. The SMILES string of the molecule is Cc1cc(Nc2cc3cc(-c4cc(O[C@H](C)C#N)ncc4OC4CCC(O)CC4)ccn3n2)nc(C)n1. The zero-order chi connectivity index (χ0) is 25.9. The molecule has 0 radical (unpaired) electrons. The maximum Gasteiger partial charge on any atom is 0.215 e. The molecule has 10 nitrogen and oxygen atoms in total. The molecule has 0 aliphatic heterocycles. The normalized spacial score (nSPS) is 18.2. The molecule has 0 bridgehead atoms. The van der Waals surface area contributed by atoms with E-state index in [1.54, 1.807) is 23.7 Å². The molecule has 0 saturated heterocycles. The summed E-state index contributed by atoms with van der Waals surface area (Å²) in [5, 5.41) is 26.9. The standard InChI is InChI=1S/C27H29N7O3/c1-16-10-25(31-18(3)30-16)32-26-12-20-11-19(8-9-34(20)33-26)23-13-27(36-17(2)14-28)29-15-24(23)37-22-6-4-21(35)5-7-22/h8-13,15,17,21-22,35H,4-7H2,1-3H3,(H,30,31,32,33)/t17-,21?,22?/m1/s1. The lowest BCUT2D eigenvalue weighted by Crippen LogP contribution is -2.26. The molecule has 1 saturated carbocycles. The first-order valence-corrected chi connectivity index (χ1v) is 12.4. The van der Waals surface area contributed by atoms with Crippen molar-refractivity contribution in [3.05, 3.63) is 54.2 Å². The van der Waals surface area contributed by atoms with E-state index in [9.17, 15) is 5.11 Å². The average Bonchev–Trinajstić information content (AvgIpc) is 3.27. The number of nitrogens with zero attached hydrogens (tertiary/aromatic N) is 6. The summed E-state index contributed by atoms with van der Waals surface area (Å²) < 4.78 is 13.8. The highest BCUT2D eigenvalue weighted by molar-refractivity contribution is 5.75. The van der Waals surface area contributed by atoms with Crippen LogP contribution in [0.3, 0.4) is 0 Å². The Morgan fingerprint density at radius 2 is 1.92 bits per heavy atom. The van der Waals surface area contributed by atoms with Crippen molar-refractivity contribution in [3.63, 3.8) is 0 Å². The van der Waals surface area contributed by atoms with Gasteiger partial charge >= 0.3 is 0 Å². The highest BCUT2D eigenvalue weighted by Crippen LogP contribution is 2.35. The molecular formula is C27H29N7O3. The molecule has 4 aromatic rings. The molecule has 0 unspecified atom stereocenters. The number of aliphatic hydroxyl groups is 1. The van der Waals surface area contributed by atoms with Crippen LogP contribution in [-0.4, -0.2) is 48.0 Å². The molecule has 4 aromatic heterocycles. The Morgan fingerprint density at radius 1 is 1.11 bits per heavy atom. The fourth-order valence-electron chi connectivity index (χ4n) is 4.49. The van der Waals surface area contributed by atoms with Crippen LogP contribution in [0.2, 0.25) is 0 Å². The smallest absolute Gasteiger partial charge is 0.215 e. The zero-order valence-electron chi connectivity index (χ0n) is 21.0. The number of anilines is 2. The lowest BCUT2D eigenvalue weighted by atomic mass is 9.95. The topological polar surface area (TPSA) is 130 Å². The summed E-state index contributed by atoms with van der Waals surface area (Å²) in [5.74, 6) is 3.01. The minimum atomic E-state index is -0.632. The number of ether oxygens (including phenoxy) is 2. The number of rotatable bonds is 7. The molecule has 0 spiro atoms. The van der Waals surface area contributed by atoms with Gasteiger partial charge in [0.25, 0.3) is 0 Å². The maximum absolute atomic E-state index is 9.86. The second kappa shape index (κ2) is 10.4. The van der Waals surface area contributed by atoms with Crippen molar-refractivity contribution >= 4 is 17.2 Å². The summed E-state index contributed by atoms with van der Waals surface area (Å²) in [4.78, 5) is 13.1. The van der Waals surface area contributed by atoms with Crippen LogP contribution < -0.4 is 14.8 Å². The van der Waals surface area contributed by atoms with Gasteiger partial charge in [-0.2, -0.15) is 10.4 Å². The minimum absolute atomic E-state index is 0.00280. The third kappa shape index (κ3) is 5.78. The van der Waals surface area contributed by atoms with Crippen molar-refractivity contribution in [2.75, 3.05) is 5.32 Å². The minimum Gasteiger partial charge on any atom is -0.488 e. The molecule has 1 aliphatic rings. The van der Waals surface area contributed by atoms with Crippen molar-refractivity contribution in [1.82, 2.24) is 24.6 Å². The number of pyridine rings is 2. The van der Waals surface area contributed by atoms with Gasteiger partial charge < -0.3 is 19.9 Å². The Balaban J connectivity index is 1.47. The van der Waals surface area contributed by atoms with E-state index in [4.69, 9.17) is 14.7 Å². The van der Waals surface area contributed by atoms with Gasteiger partial charge in [0.2, 0.25) is 5.88 Å². The molecule has 0 aromatic carbocycles. The van der Waals surface area contributed by atoms with E-state index in [0.717, 1.165) is 48.0 Å². The van der Waals surface area contributed by atoms with E-state index < -0.39 is 6.10 Å². The molecule has 1 aliphatic carbocycles. The van der Waals surface area contributed by atoms with Gasteiger partial charge in [-0.25, -0.2) is 19.5 Å². The number of aryl methyl sites for hydroxylation is 2. The molecule has 4 heterocycles. The van der Waals surface area contributed by atoms with Gasteiger partial charge in [-0.15, -0.1) is 0 Å². The number of nitrogens with one attached hydrogen (secondary N) is 1. The van der Waals surface area contributed by atoms with Gasteiger partial charge in [-0.1, -0.05) is 0 Å². The van der Waals surface area contributed by atoms with E-state index in [-0.39, 0.29) is 12.2 Å². The number of nitriles is 1. The van der Waals surface area contributed by atoms with E-state index >= 15 is 0 Å². The predicted molar refractivity (Wildman–Crippen MR) is 138 cm³/mol. The molecule has 1 atom stereocenters. The number of hydrogen-bond acceptors (Lipinski definition) is 9. The van der Waals surface area contributed by atoms with Gasteiger partial charge in [0.15, 0.2) is 11.9 Å². The van der Waals surface area contributed by atoms with Gasteiger partial charge in [0, 0.05) is 35.7 Å². The fourth-order valence-corrected chi connectivity index (χ4v) is 4.49. The van der Waals surface area contributed by atoms with Gasteiger partial charge in [0.05, 0.1) is 23.9 Å². The second-order valence-electron chi connectivity index (χ2n) is 9.34. The fraction of sp³-hybridized carbons (Fsp3) is 0.370. The molecule has 10 heteroatoms. The molecule has 37 heavy (non-hydrogen) atoms. The van der Waals surface area contributed by atoms with E-state index in [0.29, 0.717) is 29.1 Å². The molecule has 1 fully saturated rings. The number of hydrogen-bond donors (Lipinski definition) is 2. The van der Waals surface area contributed by atoms with Gasteiger partial charge in [-0.05, 0) is 64.2 Å². The van der Waals surface area contributed by atoms with Crippen LogP contribution in [0.25, 0.3) is 16.6 Å². The van der Waals surface area contributed by atoms with E-state index in [1.807, 2.05) is 44.3 Å². The van der Waals surface area contributed by atoms with E-state index in [1.165, 1.54) is 0 Å². The average molecular weight is 500 g/mol. The first-order valence-electron chi connectivity index (χ1n) is 12.4. The second-order valence-corrected chi connectivity index (χ2v) is 9.34. The third-order valence-electron chi connectivity index (χ3n) is 6.26. The van der Waals surface area contributed by atoms with Crippen LogP contribution in [0.4, 0.5) is 11.6 Å². The number of aliphatic hydroxyl groups excluding tert-OH is 1. The van der Waals surface area contributed by atoms with Crippen molar-refractivity contribution in [1.29, 1.82) is 5.26 Å². The Bertz CT molecular complexity index is 1430. The van der Waals surface area contributed by atoms with Gasteiger partial charge in [0.1, 0.15) is 23.5 Å². The largest absolute Gasteiger partial charge is 0.488 e. The van der Waals surface area contributed by atoms with Crippen LogP contribution in [0.1, 0.15) is 44.1 Å². The van der Waals surface area contributed by atoms with E-state index in [2.05, 4.69) is 31.4 Å². The van der Waals surface area contributed by atoms with Crippen molar-refractivity contribution in [2.45, 2.75) is 64.8 Å². The molecule has 190 valence electrons. The monoisotopic (exact) mass is 499 g/mol. The van der Waals surface area contributed by atoms with Crippen LogP contribution in [0.5, 0.6) is 11.6 Å². The lowest BCUT2D eigenvalue weighted by Gasteiger charge is -2.27. The third-order valence-corrected chi connectivity index (χ3v) is 6.26. The van der Waals surface area contributed by atoms with Crippen LogP contribution >= 0.6 is 0 Å². The first-order chi connectivity index (χ1) is 17.9. The van der Waals surface area contributed by atoms with Crippen molar-refractivity contribution < 1.29 is 14.6 Å². The molecule has 2 N–H and O–H groups in total. The summed E-state index contributed by atoms with van der Waals surface area (Å²) in [7, 11) is 0. The van der Waals surface area contributed by atoms with Crippen LogP contribution in [0, 0.1) is 25.2 Å². The Morgan fingerprint density at radius 3 is 2.68 bits per heavy atom. The Hall–Kier alpha value is -4.23. The first kappa shape index (κ1) is 24.5. The Kier molecular flexibility index (Phi) is 6.88. The Labute approximate surface area is 214 Å². The summed E-state index contributed by atoms with van der Waals surface area (Å²) >= 11 is 0. The highest BCUT2D eigenvalue weighted by Gasteiger charge is 2.23. The quantitative estimate of drug-likeness (QED) is 0.377. The number of fused-ring (bicyclic) bond motifs is 1. The molecule has 5 rings (SSSR count). The summed E-state index contributed by atoms with van der Waals surface area (Å²) in [6.45, 7) is 5.45. The number of aromatic nitrogens is 5. The maximum atomic E-state index is 9.86. The predicted octanol–water partition coefficient (Wildman–Crippen LogP) is 4.52. The van der Waals surface area contributed by atoms with Crippen molar-refractivity contribution in [2.24, 2.45) is 0 Å². The van der Waals surface area contributed by atoms with Crippen LogP contribution in [-0.2, 0) is 0 Å². The van der Waals surface area contributed by atoms with Gasteiger partial charge in [-0.3, -0.25) is 0 Å².